The van der Waals surface area contributed by atoms with Gasteiger partial charge < -0.3 is 15.0 Å². The number of nitrogens with one attached hydrogen (secondary N) is 1. The zero-order chi connectivity index (χ0) is 14.5. The number of aliphatic imine (C=N–C) groups is 1. The van der Waals surface area contributed by atoms with Crippen LogP contribution in [0.15, 0.2) is 23.6 Å². The van der Waals surface area contributed by atoms with Gasteiger partial charge in [-0.3, -0.25) is 9.78 Å². The number of esters is 1. The van der Waals surface area contributed by atoms with Crippen molar-refractivity contribution in [2.75, 3.05) is 20.2 Å². The van der Waals surface area contributed by atoms with Crippen LogP contribution in [0.2, 0.25) is 0 Å². The molecule has 106 valence electrons. The molecular formula is C12H15N5O3. The van der Waals surface area contributed by atoms with Crippen LogP contribution < -0.4 is 5.32 Å². The second kappa shape index (κ2) is 6.09. The molecule has 1 amide bonds. The van der Waals surface area contributed by atoms with Crippen molar-refractivity contribution in [3.8, 4) is 0 Å². The van der Waals surface area contributed by atoms with Crippen LogP contribution in [-0.2, 0) is 9.53 Å². The molecule has 0 saturated carbocycles. The van der Waals surface area contributed by atoms with E-state index in [1.807, 2.05) is 0 Å². The van der Waals surface area contributed by atoms with Gasteiger partial charge in [0, 0.05) is 19.4 Å². The summed E-state index contributed by atoms with van der Waals surface area (Å²) in [6.07, 6.45) is 3.78. The number of amides is 1. The van der Waals surface area contributed by atoms with Gasteiger partial charge in [-0.1, -0.05) is 0 Å². The van der Waals surface area contributed by atoms with E-state index >= 15 is 0 Å². The van der Waals surface area contributed by atoms with Crippen LogP contribution in [0.3, 0.4) is 0 Å². The first-order valence-electron chi connectivity index (χ1n) is 6.14. The molecule has 8 heteroatoms. The molecule has 1 aromatic rings. The summed E-state index contributed by atoms with van der Waals surface area (Å²) in [6.45, 7) is 2.41. The highest BCUT2D eigenvalue weighted by Crippen LogP contribution is 2.07. The highest BCUT2D eigenvalue weighted by Gasteiger charge is 2.29. The molecule has 2 rings (SSSR count). The van der Waals surface area contributed by atoms with E-state index in [4.69, 9.17) is 4.74 Å². The summed E-state index contributed by atoms with van der Waals surface area (Å²) in [5, 5.41) is 2.67. The lowest BCUT2D eigenvalue weighted by Crippen LogP contribution is -2.38. The molecule has 1 atom stereocenters. The number of hydrogen-bond donors (Lipinski definition) is 1. The lowest BCUT2D eigenvalue weighted by Gasteiger charge is -2.13. The topological polar surface area (TPSA) is 96.8 Å². The zero-order valence-electron chi connectivity index (χ0n) is 11.2. The maximum absolute atomic E-state index is 11.9. The van der Waals surface area contributed by atoms with Crippen LogP contribution in [0.4, 0.5) is 0 Å². The molecular weight excluding hydrogens is 262 g/mol. The van der Waals surface area contributed by atoms with Crippen molar-refractivity contribution in [3.63, 3.8) is 0 Å². The van der Waals surface area contributed by atoms with Gasteiger partial charge in [-0.15, -0.1) is 0 Å². The fourth-order valence-corrected chi connectivity index (χ4v) is 1.76. The molecule has 20 heavy (non-hydrogen) atoms. The number of likely N-dealkylation sites (N-methyl/N-ethyl adjacent to an activating group) is 1. The highest BCUT2D eigenvalue weighted by atomic mass is 16.5. The number of carbonyl (C=O) groups is 2. The molecule has 0 saturated heterocycles. The van der Waals surface area contributed by atoms with Gasteiger partial charge >= 0.3 is 5.97 Å². The summed E-state index contributed by atoms with van der Waals surface area (Å²) in [7, 11) is 1.71. The van der Waals surface area contributed by atoms with E-state index in [1.165, 1.54) is 18.6 Å². The normalized spacial score (nSPS) is 17.6. The predicted octanol–water partition coefficient (Wildman–Crippen LogP) is -0.560. The second-order valence-corrected chi connectivity index (χ2v) is 4.13. The van der Waals surface area contributed by atoms with Gasteiger partial charge in [-0.2, -0.15) is 0 Å². The van der Waals surface area contributed by atoms with E-state index in [-0.39, 0.29) is 24.0 Å². The fourth-order valence-electron chi connectivity index (χ4n) is 1.76. The van der Waals surface area contributed by atoms with Gasteiger partial charge in [-0.25, -0.2) is 14.8 Å². The zero-order valence-corrected chi connectivity index (χ0v) is 11.2. The van der Waals surface area contributed by atoms with Crippen molar-refractivity contribution in [2.24, 2.45) is 4.99 Å². The van der Waals surface area contributed by atoms with E-state index < -0.39 is 12.1 Å². The molecule has 0 radical (unpaired) electrons. The average Bonchev–Trinajstić information content (AvgIpc) is 2.81. The Hall–Kier alpha value is -2.51. The minimum Gasteiger partial charge on any atom is -0.460 e. The first-order valence-corrected chi connectivity index (χ1v) is 6.14. The average molecular weight is 277 g/mol. The van der Waals surface area contributed by atoms with Gasteiger partial charge in [0.1, 0.15) is 11.9 Å². The Morgan fingerprint density at radius 3 is 2.95 bits per heavy atom. The van der Waals surface area contributed by atoms with Crippen LogP contribution >= 0.6 is 0 Å². The third-order valence-corrected chi connectivity index (χ3v) is 2.64. The summed E-state index contributed by atoms with van der Waals surface area (Å²) in [5.74, 6) is -0.673. The van der Waals surface area contributed by atoms with Crippen molar-refractivity contribution in [1.29, 1.82) is 0 Å². The van der Waals surface area contributed by atoms with Crippen LogP contribution in [0.25, 0.3) is 0 Å². The van der Waals surface area contributed by atoms with E-state index in [0.29, 0.717) is 6.54 Å². The quantitative estimate of drug-likeness (QED) is 0.741. The van der Waals surface area contributed by atoms with Crippen LogP contribution in [0.1, 0.15) is 17.4 Å². The summed E-state index contributed by atoms with van der Waals surface area (Å²) in [5.41, 5.74) is 0.204. The summed E-state index contributed by atoms with van der Waals surface area (Å²) < 4.78 is 4.89. The molecule has 0 aromatic carbocycles. The van der Waals surface area contributed by atoms with Crippen molar-refractivity contribution < 1.29 is 14.3 Å². The van der Waals surface area contributed by atoms with Crippen molar-refractivity contribution in [3.05, 3.63) is 24.3 Å². The SMILES string of the molecule is CCOC(=O)C1=NC(NC(=O)c2cnccn2)CN1C. The molecule has 0 spiro atoms. The number of amidine groups is 1. The van der Waals surface area contributed by atoms with Crippen molar-refractivity contribution in [1.82, 2.24) is 20.2 Å². The number of carbonyl (C=O) groups excluding carboxylic acids is 2. The summed E-state index contributed by atoms with van der Waals surface area (Å²) in [4.78, 5) is 37.0. The maximum atomic E-state index is 11.9. The van der Waals surface area contributed by atoms with Crippen LogP contribution in [0, 0.1) is 0 Å². The molecule has 8 nitrogen and oxygen atoms in total. The Bertz CT molecular complexity index is 531. The predicted molar refractivity (Wildman–Crippen MR) is 70.0 cm³/mol. The Kier molecular flexibility index (Phi) is 4.24. The Morgan fingerprint density at radius 1 is 1.50 bits per heavy atom. The number of rotatable bonds is 4. The third kappa shape index (κ3) is 3.08. The first-order chi connectivity index (χ1) is 9.61. The molecule has 0 bridgehead atoms. The smallest absolute Gasteiger partial charge is 0.373 e. The number of aromatic nitrogens is 2. The molecule has 1 aromatic heterocycles. The standard InChI is InChI=1S/C12H15N5O3/c1-3-20-12(19)10-15-9(7-17(10)2)16-11(18)8-6-13-4-5-14-8/h4-6,9H,3,7H2,1-2H3,(H,16,18). The highest BCUT2D eigenvalue weighted by molar-refractivity contribution is 6.35. The lowest BCUT2D eigenvalue weighted by molar-refractivity contribution is -0.135. The maximum Gasteiger partial charge on any atom is 0.373 e. The fraction of sp³-hybridized carbons (Fsp3) is 0.417. The third-order valence-electron chi connectivity index (χ3n) is 2.64. The molecule has 1 N–H and O–H groups in total. The largest absolute Gasteiger partial charge is 0.460 e. The van der Waals surface area contributed by atoms with Crippen molar-refractivity contribution in [2.45, 2.75) is 13.1 Å². The Labute approximate surface area is 115 Å². The van der Waals surface area contributed by atoms with Crippen LogP contribution in [0.5, 0.6) is 0 Å². The van der Waals surface area contributed by atoms with E-state index in [1.54, 1.807) is 18.9 Å². The van der Waals surface area contributed by atoms with Gasteiger partial charge in [0.25, 0.3) is 5.91 Å². The molecule has 1 unspecified atom stereocenters. The summed E-state index contributed by atoms with van der Waals surface area (Å²) in [6, 6.07) is 0. The number of ether oxygens (including phenoxy) is 1. The second-order valence-electron chi connectivity index (χ2n) is 4.13. The Morgan fingerprint density at radius 2 is 2.30 bits per heavy atom. The van der Waals surface area contributed by atoms with E-state index in [9.17, 15) is 9.59 Å². The monoisotopic (exact) mass is 277 g/mol. The van der Waals surface area contributed by atoms with Gasteiger partial charge in [-0.05, 0) is 6.92 Å². The van der Waals surface area contributed by atoms with E-state index in [0.717, 1.165) is 0 Å². The van der Waals surface area contributed by atoms with Gasteiger partial charge in [0.05, 0.1) is 19.3 Å². The molecule has 1 aliphatic rings. The van der Waals surface area contributed by atoms with Gasteiger partial charge in [0.2, 0.25) is 5.84 Å². The lowest BCUT2D eigenvalue weighted by atomic mass is 10.4. The van der Waals surface area contributed by atoms with Crippen molar-refractivity contribution >= 4 is 17.7 Å². The Balaban J connectivity index is 2.01. The molecule has 1 aliphatic heterocycles. The molecule has 0 fully saturated rings. The number of hydrogen-bond acceptors (Lipinski definition) is 7. The molecule has 2 heterocycles. The van der Waals surface area contributed by atoms with Crippen LogP contribution in [-0.4, -0.2) is 58.9 Å². The minimum absolute atomic E-state index is 0.204. The van der Waals surface area contributed by atoms with E-state index in [2.05, 4.69) is 20.3 Å². The summed E-state index contributed by atoms with van der Waals surface area (Å²) >= 11 is 0. The molecule has 0 aliphatic carbocycles. The minimum atomic E-state index is -0.506. The van der Waals surface area contributed by atoms with Gasteiger partial charge in [0.15, 0.2) is 0 Å². The number of nitrogens with zero attached hydrogens (tertiary/aromatic N) is 4. The first kappa shape index (κ1) is 13.9.